The van der Waals surface area contributed by atoms with E-state index < -0.39 is 5.41 Å². The van der Waals surface area contributed by atoms with Crippen molar-refractivity contribution in [1.82, 2.24) is 4.98 Å². The van der Waals surface area contributed by atoms with Gasteiger partial charge in [-0.05, 0) is 67.4 Å². The monoisotopic (exact) mass is 491 g/mol. The van der Waals surface area contributed by atoms with Crippen LogP contribution >= 0.6 is 23.2 Å². The number of hydrogen-bond acceptors (Lipinski definition) is 5. The molecule has 8 heteroatoms. The molecule has 0 N–H and O–H groups in total. The van der Waals surface area contributed by atoms with Gasteiger partial charge in [-0.3, -0.25) is 4.79 Å². The number of piperazine rings is 1. The zero-order valence-electron chi connectivity index (χ0n) is 18.7. The van der Waals surface area contributed by atoms with Gasteiger partial charge in [-0.2, -0.15) is 10.1 Å². The second-order valence-corrected chi connectivity index (χ2v) is 9.92. The van der Waals surface area contributed by atoms with Crippen molar-refractivity contribution < 1.29 is 4.79 Å². The third kappa shape index (κ3) is 3.20. The highest BCUT2D eigenvalue weighted by atomic mass is 35.5. The van der Waals surface area contributed by atoms with Crippen LogP contribution in [0.25, 0.3) is 0 Å². The number of halogens is 2. The first-order valence-corrected chi connectivity index (χ1v) is 12.1. The number of rotatable bonds is 2. The molecule has 0 aliphatic carbocycles. The lowest BCUT2D eigenvalue weighted by atomic mass is 9.67. The third-order valence-corrected chi connectivity index (χ3v) is 7.78. The quantitative estimate of drug-likeness (QED) is 0.503. The number of aromatic nitrogens is 1. The Bertz CT molecular complexity index is 1300. The highest BCUT2D eigenvalue weighted by molar-refractivity contribution is 6.31. The van der Waals surface area contributed by atoms with Crippen molar-refractivity contribution in [3.63, 3.8) is 0 Å². The van der Waals surface area contributed by atoms with E-state index in [1.165, 1.54) is 0 Å². The molecule has 0 radical (unpaired) electrons. The maximum Gasteiger partial charge on any atom is 0.261 e. The molecule has 1 spiro atoms. The Morgan fingerprint density at radius 3 is 2.56 bits per heavy atom. The molecule has 2 aromatic carbocycles. The number of amides is 1. The fourth-order valence-electron chi connectivity index (χ4n) is 5.59. The number of pyridine rings is 1. The lowest BCUT2D eigenvalue weighted by molar-refractivity contribution is -0.125. The minimum atomic E-state index is -0.784. The van der Waals surface area contributed by atoms with Crippen LogP contribution in [0.2, 0.25) is 10.0 Å². The van der Waals surface area contributed by atoms with Crippen molar-refractivity contribution in [2.75, 3.05) is 34.4 Å². The Hall–Kier alpha value is -3.09. The summed E-state index contributed by atoms with van der Waals surface area (Å²) < 4.78 is 0. The van der Waals surface area contributed by atoms with Crippen molar-refractivity contribution in [2.45, 2.75) is 19.4 Å². The Morgan fingerprint density at radius 1 is 1.00 bits per heavy atom. The van der Waals surface area contributed by atoms with Crippen LogP contribution in [0.3, 0.4) is 0 Å². The molecular weight excluding hydrogens is 469 g/mol. The lowest BCUT2D eigenvalue weighted by Gasteiger charge is -2.53. The van der Waals surface area contributed by atoms with Gasteiger partial charge in [-0.1, -0.05) is 35.3 Å². The van der Waals surface area contributed by atoms with Crippen molar-refractivity contribution in [3.05, 3.63) is 82.5 Å². The zero-order chi connectivity index (χ0) is 23.4. The summed E-state index contributed by atoms with van der Waals surface area (Å²) in [7, 11) is 0. The van der Waals surface area contributed by atoms with Crippen molar-refractivity contribution in [2.24, 2.45) is 10.5 Å². The van der Waals surface area contributed by atoms with E-state index >= 15 is 0 Å². The summed E-state index contributed by atoms with van der Waals surface area (Å²) in [5, 5.41) is 7.67. The summed E-state index contributed by atoms with van der Waals surface area (Å²) >= 11 is 12.5. The third-order valence-electron chi connectivity index (χ3n) is 7.29. The minimum Gasteiger partial charge on any atom is -0.363 e. The van der Waals surface area contributed by atoms with Gasteiger partial charge in [0.15, 0.2) is 0 Å². The predicted octanol–water partition coefficient (Wildman–Crippen LogP) is 5.05. The molecule has 3 aliphatic heterocycles. The zero-order valence-corrected chi connectivity index (χ0v) is 20.2. The van der Waals surface area contributed by atoms with Gasteiger partial charge in [0.05, 0.1) is 17.4 Å². The summed E-state index contributed by atoms with van der Waals surface area (Å²) in [6.45, 7) is 4.21. The van der Waals surface area contributed by atoms with E-state index in [9.17, 15) is 4.79 Å². The van der Waals surface area contributed by atoms with E-state index in [1.807, 2.05) is 61.7 Å². The van der Waals surface area contributed by atoms with E-state index in [0.29, 0.717) is 23.0 Å². The number of carbonyl (C=O) groups excluding carboxylic acids is 1. The highest BCUT2D eigenvalue weighted by Crippen LogP contribution is 2.49. The van der Waals surface area contributed by atoms with E-state index in [-0.39, 0.29) is 11.9 Å². The van der Waals surface area contributed by atoms with Gasteiger partial charge >= 0.3 is 0 Å². The van der Waals surface area contributed by atoms with E-state index in [4.69, 9.17) is 28.3 Å². The molecule has 2 atom stereocenters. The van der Waals surface area contributed by atoms with Gasteiger partial charge in [-0.25, -0.2) is 4.98 Å². The van der Waals surface area contributed by atoms with E-state index in [1.54, 1.807) is 17.1 Å². The Kier molecular flexibility index (Phi) is 5.04. The van der Waals surface area contributed by atoms with Gasteiger partial charge in [0.2, 0.25) is 0 Å². The largest absolute Gasteiger partial charge is 0.363 e. The van der Waals surface area contributed by atoms with Gasteiger partial charge in [0, 0.05) is 41.6 Å². The smallest absolute Gasteiger partial charge is 0.261 e. The topological polar surface area (TPSA) is 52.0 Å². The second kappa shape index (κ2) is 8.00. The maximum atomic E-state index is 14.2. The molecule has 6 rings (SSSR count). The van der Waals surface area contributed by atoms with Gasteiger partial charge < -0.3 is 9.80 Å². The molecule has 1 aromatic heterocycles. The summed E-state index contributed by atoms with van der Waals surface area (Å²) in [6.07, 6.45) is 2.39. The Morgan fingerprint density at radius 2 is 1.79 bits per heavy atom. The van der Waals surface area contributed by atoms with Crippen LogP contribution in [0.15, 0.2) is 72.0 Å². The number of hydrogen-bond donors (Lipinski definition) is 0. The molecule has 1 fully saturated rings. The Labute approximate surface area is 208 Å². The molecule has 0 unspecified atom stereocenters. The van der Waals surface area contributed by atoms with E-state index in [0.717, 1.165) is 41.6 Å². The fraction of sp³-hybridized carbons (Fsp3) is 0.269. The number of anilines is 3. The summed E-state index contributed by atoms with van der Waals surface area (Å²) in [6, 6.07) is 19.1. The number of benzene rings is 2. The SMILES string of the molecule is CC1=NN(c2ccc(Cl)cc2)C(=O)[C@@]12Cc1ccc(Cl)cc1N1CCN(c3ccccn3)C[C@H]12. The molecule has 0 bridgehead atoms. The number of nitrogens with zero attached hydrogens (tertiary/aromatic N) is 5. The van der Waals surface area contributed by atoms with E-state index in [2.05, 4.69) is 14.8 Å². The average molecular weight is 492 g/mol. The molecular formula is C26H23Cl2N5O. The number of hydrazone groups is 1. The molecule has 34 heavy (non-hydrogen) atoms. The maximum absolute atomic E-state index is 14.2. The molecule has 6 nitrogen and oxygen atoms in total. The number of fused-ring (bicyclic) bond motifs is 4. The van der Waals surface area contributed by atoms with Crippen molar-refractivity contribution >= 4 is 52.0 Å². The molecule has 0 saturated carbocycles. The van der Waals surface area contributed by atoms with Crippen LogP contribution in [0.5, 0.6) is 0 Å². The van der Waals surface area contributed by atoms with Gasteiger partial charge in [-0.15, -0.1) is 0 Å². The fourth-order valence-corrected chi connectivity index (χ4v) is 5.88. The van der Waals surface area contributed by atoms with Crippen LogP contribution in [-0.4, -0.2) is 42.3 Å². The van der Waals surface area contributed by atoms with Gasteiger partial charge in [0.1, 0.15) is 11.2 Å². The highest BCUT2D eigenvalue weighted by Gasteiger charge is 2.60. The van der Waals surface area contributed by atoms with Crippen LogP contribution in [-0.2, 0) is 11.2 Å². The predicted molar refractivity (Wildman–Crippen MR) is 137 cm³/mol. The standard InChI is InChI=1S/C26H23Cl2N5O/c1-17-26(25(34)33(30-17)21-9-7-19(27)8-10-21)15-18-5-6-20(28)14-22(18)32-13-12-31(16-23(26)32)24-4-2-3-11-29-24/h2-11,14,23H,12-13,15-16H2,1H3/t23-,26-/m0/s1. The molecule has 3 aliphatic rings. The first kappa shape index (κ1) is 21.4. The molecule has 1 saturated heterocycles. The summed E-state index contributed by atoms with van der Waals surface area (Å²) in [5.74, 6) is 0.912. The Balaban J connectivity index is 1.46. The minimum absolute atomic E-state index is 0.00852. The van der Waals surface area contributed by atoms with Crippen LogP contribution in [0.1, 0.15) is 12.5 Å². The molecule has 3 aromatic rings. The van der Waals surface area contributed by atoms with Crippen molar-refractivity contribution in [3.8, 4) is 0 Å². The molecule has 1 amide bonds. The summed E-state index contributed by atoms with van der Waals surface area (Å²) in [4.78, 5) is 23.4. The second-order valence-electron chi connectivity index (χ2n) is 9.04. The normalized spacial score (nSPS) is 23.7. The molecule has 172 valence electrons. The van der Waals surface area contributed by atoms with Crippen LogP contribution < -0.4 is 14.8 Å². The van der Waals surface area contributed by atoms with Crippen LogP contribution in [0, 0.1) is 5.41 Å². The average Bonchev–Trinajstić information content (AvgIpc) is 3.11. The van der Waals surface area contributed by atoms with Crippen molar-refractivity contribution in [1.29, 1.82) is 0 Å². The molecule has 4 heterocycles. The van der Waals surface area contributed by atoms with Crippen LogP contribution in [0.4, 0.5) is 17.2 Å². The first-order valence-electron chi connectivity index (χ1n) is 11.3. The number of carbonyl (C=O) groups is 1. The first-order chi connectivity index (χ1) is 16.5. The van der Waals surface area contributed by atoms with Gasteiger partial charge in [0.25, 0.3) is 5.91 Å². The lowest BCUT2D eigenvalue weighted by Crippen LogP contribution is -2.67. The summed E-state index contributed by atoms with van der Waals surface area (Å²) in [5.41, 5.74) is 2.98.